The molecule has 0 atom stereocenters. The second kappa shape index (κ2) is 8.31. The van der Waals surface area contributed by atoms with Crippen LogP contribution in [0.1, 0.15) is 21.5 Å². The van der Waals surface area contributed by atoms with Crippen LogP contribution in [0.25, 0.3) is 22.1 Å². The Morgan fingerprint density at radius 3 is 2.84 bits per heavy atom. The molecule has 0 aliphatic rings. The average Bonchev–Trinajstić information content (AvgIpc) is 3.44. The zero-order valence-corrected chi connectivity index (χ0v) is 18.0. The molecule has 10 heteroatoms. The molecular formula is C22H19N7O2S. The summed E-state index contributed by atoms with van der Waals surface area (Å²) in [5.41, 5.74) is 4.54. The zero-order valence-electron chi connectivity index (χ0n) is 17.2. The van der Waals surface area contributed by atoms with Gasteiger partial charge in [0, 0.05) is 12.1 Å². The van der Waals surface area contributed by atoms with E-state index in [0.717, 1.165) is 28.4 Å². The van der Waals surface area contributed by atoms with Crippen LogP contribution in [0.2, 0.25) is 0 Å². The van der Waals surface area contributed by atoms with Gasteiger partial charge in [-0.2, -0.15) is 13.8 Å². The Bertz CT molecular complexity index is 1500. The highest BCUT2D eigenvalue weighted by molar-refractivity contribution is 7.00. The van der Waals surface area contributed by atoms with Crippen LogP contribution in [-0.4, -0.2) is 40.5 Å². The SMILES string of the molecule is Cc1ccccc1Cn1cnc2c(cnn2CCNC(=O)c2ccc3nsnc3c2)c1=O. The lowest BCUT2D eigenvalue weighted by Gasteiger charge is -2.09. The van der Waals surface area contributed by atoms with E-state index in [1.807, 2.05) is 31.2 Å². The third-order valence-corrected chi connectivity index (χ3v) is 5.91. The van der Waals surface area contributed by atoms with Gasteiger partial charge in [0.25, 0.3) is 11.5 Å². The number of rotatable bonds is 6. The van der Waals surface area contributed by atoms with Gasteiger partial charge in [-0.3, -0.25) is 14.2 Å². The number of carbonyl (C=O) groups excluding carboxylic acids is 1. The number of aromatic nitrogens is 6. The van der Waals surface area contributed by atoms with Crippen molar-refractivity contribution in [2.45, 2.75) is 20.0 Å². The maximum Gasteiger partial charge on any atom is 0.264 e. The van der Waals surface area contributed by atoms with E-state index in [-0.39, 0.29) is 11.5 Å². The Morgan fingerprint density at radius 2 is 1.97 bits per heavy atom. The van der Waals surface area contributed by atoms with Crippen molar-refractivity contribution < 1.29 is 4.79 Å². The van der Waals surface area contributed by atoms with Crippen LogP contribution in [0.4, 0.5) is 0 Å². The van der Waals surface area contributed by atoms with Gasteiger partial charge in [-0.25, -0.2) is 9.67 Å². The van der Waals surface area contributed by atoms with Crippen LogP contribution >= 0.6 is 11.7 Å². The normalized spacial score (nSPS) is 11.3. The Kier molecular flexibility index (Phi) is 5.20. The van der Waals surface area contributed by atoms with Gasteiger partial charge in [-0.1, -0.05) is 24.3 Å². The van der Waals surface area contributed by atoms with Crippen molar-refractivity contribution >= 4 is 39.7 Å². The minimum absolute atomic E-state index is 0.140. The minimum atomic E-state index is -0.204. The molecule has 160 valence electrons. The second-order valence-corrected chi connectivity index (χ2v) is 7.96. The lowest BCUT2D eigenvalue weighted by Crippen LogP contribution is -2.27. The molecule has 1 amide bonds. The van der Waals surface area contributed by atoms with Crippen molar-refractivity contribution in [3.05, 3.63) is 82.0 Å². The summed E-state index contributed by atoms with van der Waals surface area (Å²) in [6.45, 7) is 3.21. The average molecular weight is 446 g/mol. The van der Waals surface area contributed by atoms with Crippen molar-refractivity contribution in [1.82, 2.24) is 33.4 Å². The molecule has 3 heterocycles. The van der Waals surface area contributed by atoms with Crippen LogP contribution in [-0.2, 0) is 13.1 Å². The Balaban J connectivity index is 1.28. The van der Waals surface area contributed by atoms with Crippen LogP contribution in [0.3, 0.4) is 0 Å². The number of carbonyl (C=O) groups is 1. The van der Waals surface area contributed by atoms with E-state index >= 15 is 0 Å². The van der Waals surface area contributed by atoms with E-state index < -0.39 is 0 Å². The lowest BCUT2D eigenvalue weighted by atomic mass is 10.1. The number of aryl methyl sites for hydroxylation is 1. The summed E-state index contributed by atoms with van der Waals surface area (Å²) in [4.78, 5) is 29.8. The molecule has 9 nitrogen and oxygen atoms in total. The molecule has 0 saturated carbocycles. The molecule has 0 aliphatic carbocycles. The molecule has 0 unspecified atom stereocenters. The summed E-state index contributed by atoms with van der Waals surface area (Å²) < 4.78 is 11.5. The van der Waals surface area contributed by atoms with Gasteiger partial charge >= 0.3 is 0 Å². The van der Waals surface area contributed by atoms with Crippen molar-refractivity contribution in [2.75, 3.05) is 6.54 Å². The van der Waals surface area contributed by atoms with Gasteiger partial charge in [0.1, 0.15) is 22.7 Å². The highest BCUT2D eigenvalue weighted by Gasteiger charge is 2.12. The quantitative estimate of drug-likeness (QED) is 0.430. The molecule has 0 radical (unpaired) electrons. The first-order valence-corrected chi connectivity index (χ1v) is 10.8. The van der Waals surface area contributed by atoms with Crippen LogP contribution in [0, 0.1) is 6.92 Å². The Morgan fingerprint density at radius 1 is 1.12 bits per heavy atom. The summed E-state index contributed by atoms with van der Waals surface area (Å²) >= 11 is 1.12. The van der Waals surface area contributed by atoms with Gasteiger partial charge < -0.3 is 5.32 Å². The van der Waals surface area contributed by atoms with Crippen molar-refractivity contribution in [3.8, 4) is 0 Å². The highest BCUT2D eigenvalue weighted by atomic mass is 32.1. The van der Waals surface area contributed by atoms with Crippen molar-refractivity contribution in [3.63, 3.8) is 0 Å². The first kappa shape index (κ1) is 20.0. The molecule has 32 heavy (non-hydrogen) atoms. The standard InChI is InChI=1S/C22H19N7O2S/c1-14-4-2-3-5-16(14)12-28-13-24-20-17(22(28)31)11-25-29(20)9-8-23-21(30)15-6-7-18-19(10-15)27-32-26-18/h2-7,10-11,13H,8-9,12H2,1H3,(H,23,30). The predicted molar refractivity (Wildman–Crippen MR) is 122 cm³/mol. The van der Waals surface area contributed by atoms with Gasteiger partial charge in [0.2, 0.25) is 0 Å². The Labute approximate surface area is 186 Å². The third-order valence-electron chi connectivity index (χ3n) is 5.35. The fourth-order valence-corrected chi connectivity index (χ4v) is 4.06. The Hall–Kier alpha value is -3.92. The predicted octanol–water partition coefficient (Wildman–Crippen LogP) is 2.38. The molecule has 5 aromatic rings. The first-order valence-electron chi connectivity index (χ1n) is 10.1. The maximum absolute atomic E-state index is 12.9. The molecule has 3 aromatic heterocycles. The largest absolute Gasteiger partial charge is 0.350 e. The smallest absolute Gasteiger partial charge is 0.264 e. The number of nitrogens with one attached hydrogen (secondary N) is 1. The molecule has 0 saturated heterocycles. The fourth-order valence-electron chi connectivity index (χ4n) is 3.55. The summed E-state index contributed by atoms with van der Waals surface area (Å²) in [6.07, 6.45) is 3.08. The monoisotopic (exact) mass is 445 g/mol. The maximum atomic E-state index is 12.9. The van der Waals surface area contributed by atoms with Crippen molar-refractivity contribution in [1.29, 1.82) is 0 Å². The summed E-state index contributed by atoms with van der Waals surface area (Å²) in [5.74, 6) is -0.204. The number of hydrogen-bond acceptors (Lipinski definition) is 7. The minimum Gasteiger partial charge on any atom is -0.350 e. The summed E-state index contributed by atoms with van der Waals surface area (Å²) in [7, 11) is 0. The third kappa shape index (κ3) is 3.76. The molecule has 0 aliphatic heterocycles. The first-order chi connectivity index (χ1) is 15.6. The van der Waals surface area contributed by atoms with E-state index in [1.165, 1.54) is 6.20 Å². The molecule has 0 bridgehead atoms. The van der Waals surface area contributed by atoms with E-state index in [4.69, 9.17) is 0 Å². The van der Waals surface area contributed by atoms with Crippen molar-refractivity contribution in [2.24, 2.45) is 0 Å². The van der Waals surface area contributed by atoms with Crippen LogP contribution in [0.5, 0.6) is 0 Å². The van der Waals surface area contributed by atoms with E-state index in [1.54, 1.807) is 33.8 Å². The highest BCUT2D eigenvalue weighted by Crippen LogP contribution is 2.14. The fraction of sp³-hybridized carbons (Fsp3) is 0.182. The summed E-state index contributed by atoms with van der Waals surface area (Å²) in [6, 6.07) is 13.2. The molecule has 2 aromatic carbocycles. The molecular weight excluding hydrogens is 426 g/mol. The number of amides is 1. The summed E-state index contributed by atoms with van der Waals surface area (Å²) in [5, 5.41) is 7.62. The molecule has 0 fully saturated rings. The van der Waals surface area contributed by atoms with Gasteiger partial charge in [-0.15, -0.1) is 0 Å². The van der Waals surface area contributed by atoms with Gasteiger partial charge in [0.15, 0.2) is 5.65 Å². The van der Waals surface area contributed by atoms with E-state index in [9.17, 15) is 9.59 Å². The molecule has 0 spiro atoms. The zero-order chi connectivity index (χ0) is 22.1. The van der Waals surface area contributed by atoms with Crippen LogP contribution in [0.15, 0.2) is 59.8 Å². The number of hydrogen-bond donors (Lipinski definition) is 1. The number of benzene rings is 2. The van der Waals surface area contributed by atoms with E-state index in [2.05, 4.69) is 24.1 Å². The lowest BCUT2D eigenvalue weighted by molar-refractivity contribution is 0.0952. The number of nitrogens with zero attached hydrogens (tertiary/aromatic N) is 6. The molecule has 5 rings (SSSR count). The van der Waals surface area contributed by atoms with Crippen LogP contribution < -0.4 is 10.9 Å². The van der Waals surface area contributed by atoms with Gasteiger partial charge in [0.05, 0.1) is 31.0 Å². The van der Waals surface area contributed by atoms with Gasteiger partial charge in [-0.05, 0) is 36.2 Å². The van der Waals surface area contributed by atoms with E-state index in [0.29, 0.717) is 41.7 Å². The molecule has 1 N–H and O–H groups in total. The topological polar surface area (TPSA) is 108 Å². The number of fused-ring (bicyclic) bond motifs is 2. The second-order valence-electron chi connectivity index (χ2n) is 7.43.